The largest absolute Gasteiger partial charge is 0.337 e. The highest BCUT2D eigenvalue weighted by molar-refractivity contribution is 7.07. The van der Waals surface area contributed by atoms with Gasteiger partial charge >= 0.3 is 0 Å². The monoisotopic (exact) mass is 358 g/mol. The third-order valence-electron chi connectivity index (χ3n) is 5.42. The van der Waals surface area contributed by atoms with Crippen molar-refractivity contribution in [2.75, 3.05) is 13.1 Å². The van der Waals surface area contributed by atoms with Crippen LogP contribution in [0.5, 0.6) is 0 Å². The second-order valence-corrected chi connectivity index (χ2v) is 7.82. The molecule has 0 bridgehead atoms. The summed E-state index contributed by atoms with van der Waals surface area (Å²) in [6.45, 7) is 5.61. The van der Waals surface area contributed by atoms with E-state index in [0.717, 1.165) is 58.3 Å². The van der Waals surface area contributed by atoms with Crippen molar-refractivity contribution in [3.05, 3.63) is 39.3 Å². The standard InChI is InChI=1S/C19H26N4OS/c1-2-23-17-6-5-15(20-12-14-7-10-25-13-14)11-16(17)18(21-23)19(24)22-8-3-4-9-22/h7,10,13,15,20H,2-6,8-9,11-12H2,1H3/t15-/m1/s1. The summed E-state index contributed by atoms with van der Waals surface area (Å²) in [7, 11) is 0. The molecule has 1 amide bonds. The molecule has 1 fully saturated rings. The minimum absolute atomic E-state index is 0.138. The summed E-state index contributed by atoms with van der Waals surface area (Å²) in [4.78, 5) is 14.9. The van der Waals surface area contributed by atoms with Crippen LogP contribution in [-0.4, -0.2) is 39.7 Å². The van der Waals surface area contributed by atoms with Crippen LogP contribution in [0.1, 0.15) is 53.5 Å². The van der Waals surface area contributed by atoms with Gasteiger partial charge in [0.05, 0.1) is 0 Å². The zero-order valence-electron chi connectivity index (χ0n) is 14.8. The Balaban J connectivity index is 1.52. The molecule has 134 valence electrons. The lowest BCUT2D eigenvalue weighted by Crippen LogP contribution is -2.35. The number of hydrogen-bond acceptors (Lipinski definition) is 4. The summed E-state index contributed by atoms with van der Waals surface area (Å²) >= 11 is 1.74. The van der Waals surface area contributed by atoms with E-state index in [4.69, 9.17) is 5.10 Å². The fourth-order valence-electron chi connectivity index (χ4n) is 4.02. The van der Waals surface area contributed by atoms with Crippen molar-refractivity contribution >= 4 is 17.2 Å². The molecule has 6 heteroatoms. The first-order chi connectivity index (χ1) is 12.3. The summed E-state index contributed by atoms with van der Waals surface area (Å²) < 4.78 is 2.05. The van der Waals surface area contributed by atoms with Crippen molar-refractivity contribution in [2.24, 2.45) is 0 Å². The summed E-state index contributed by atoms with van der Waals surface area (Å²) in [5, 5.41) is 12.7. The Hall–Kier alpha value is -1.66. The van der Waals surface area contributed by atoms with Crippen LogP contribution in [0, 0.1) is 0 Å². The summed E-state index contributed by atoms with van der Waals surface area (Å²) in [6.07, 6.45) is 5.26. The quantitative estimate of drug-likeness (QED) is 0.894. The maximum absolute atomic E-state index is 12.9. The predicted molar refractivity (Wildman–Crippen MR) is 100 cm³/mol. The van der Waals surface area contributed by atoms with Crippen molar-refractivity contribution in [3.63, 3.8) is 0 Å². The number of nitrogens with one attached hydrogen (secondary N) is 1. The van der Waals surface area contributed by atoms with E-state index in [-0.39, 0.29) is 5.91 Å². The van der Waals surface area contributed by atoms with Gasteiger partial charge in [0, 0.05) is 43.5 Å². The number of carbonyl (C=O) groups is 1. The number of rotatable bonds is 5. The van der Waals surface area contributed by atoms with E-state index in [1.807, 2.05) is 9.58 Å². The number of fused-ring (bicyclic) bond motifs is 1. The Labute approximate surface area is 153 Å². The van der Waals surface area contributed by atoms with Crippen LogP contribution in [0.3, 0.4) is 0 Å². The van der Waals surface area contributed by atoms with Gasteiger partial charge in [-0.25, -0.2) is 0 Å². The second kappa shape index (κ2) is 7.30. The van der Waals surface area contributed by atoms with Gasteiger partial charge in [-0.1, -0.05) is 0 Å². The Kier molecular flexibility index (Phi) is 4.90. The highest BCUT2D eigenvalue weighted by Gasteiger charge is 2.31. The Morgan fingerprint density at radius 3 is 2.96 bits per heavy atom. The van der Waals surface area contributed by atoms with Crippen molar-refractivity contribution in [3.8, 4) is 0 Å². The normalized spacial score (nSPS) is 20.0. The fraction of sp³-hybridized carbons (Fsp3) is 0.579. The molecule has 1 atom stereocenters. The number of amides is 1. The molecule has 2 aromatic rings. The number of aryl methyl sites for hydroxylation is 1. The van der Waals surface area contributed by atoms with Crippen molar-refractivity contribution in [1.29, 1.82) is 0 Å². The van der Waals surface area contributed by atoms with Crippen LogP contribution in [0.2, 0.25) is 0 Å². The molecule has 0 unspecified atom stereocenters. The van der Waals surface area contributed by atoms with E-state index in [1.165, 1.54) is 16.8 Å². The van der Waals surface area contributed by atoms with Gasteiger partial charge in [0.2, 0.25) is 0 Å². The molecule has 0 saturated carbocycles. The maximum atomic E-state index is 12.9. The third-order valence-corrected chi connectivity index (χ3v) is 6.15. The van der Waals surface area contributed by atoms with E-state index < -0.39 is 0 Å². The average molecular weight is 359 g/mol. The summed E-state index contributed by atoms with van der Waals surface area (Å²) in [5.41, 5.74) is 4.51. The highest BCUT2D eigenvalue weighted by atomic mass is 32.1. The van der Waals surface area contributed by atoms with Gasteiger partial charge in [0.25, 0.3) is 5.91 Å². The molecule has 1 saturated heterocycles. The lowest BCUT2D eigenvalue weighted by atomic mass is 9.91. The minimum atomic E-state index is 0.138. The van der Waals surface area contributed by atoms with Crippen LogP contribution in [0.25, 0.3) is 0 Å². The maximum Gasteiger partial charge on any atom is 0.274 e. The van der Waals surface area contributed by atoms with Crippen molar-refractivity contribution < 1.29 is 4.79 Å². The van der Waals surface area contributed by atoms with Crippen LogP contribution in [0.15, 0.2) is 16.8 Å². The van der Waals surface area contributed by atoms with Gasteiger partial charge in [0.1, 0.15) is 0 Å². The smallest absolute Gasteiger partial charge is 0.274 e. The number of nitrogens with zero attached hydrogens (tertiary/aromatic N) is 3. The lowest BCUT2D eigenvalue weighted by molar-refractivity contribution is 0.0785. The molecule has 1 aliphatic heterocycles. The van der Waals surface area contributed by atoms with E-state index in [2.05, 4.69) is 29.1 Å². The molecule has 5 nitrogen and oxygen atoms in total. The highest BCUT2D eigenvalue weighted by Crippen LogP contribution is 2.27. The Bertz CT molecular complexity index is 731. The summed E-state index contributed by atoms with van der Waals surface area (Å²) in [5.74, 6) is 0.138. The average Bonchev–Trinajstić information content (AvgIpc) is 3.39. The van der Waals surface area contributed by atoms with E-state index >= 15 is 0 Å². The van der Waals surface area contributed by atoms with Gasteiger partial charge in [0.15, 0.2) is 5.69 Å². The number of likely N-dealkylation sites (tertiary alicyclic amines) is 1. The fourth-order valence-corrected chi connectivity index (χ4v) is 4.69. The Morgan fingerprint density at radius 2 is 2.24 bits per heavy atom. The molecule has 0 radical (unpaired) electrons. The Morgan fingerprint density at radius 1 is 1.40 bits per heavy atom. The zero-order chi connectivity index (χ0) is 17.2. The van der Waals surface area contributed by atoms with Crippen molar-refractivity contribution in [1.82, 2.24) is 20.0 Å². The van der Waals surface area contributed by atoms with E-state index in [0.29, 0.717) is 11.7 Å². The van der Waals surface area contributed by atoms with Gasteiger partial charge in [-0.2, -0.15) is 16.4 Å². The van der Waals surface area contributed by atoms with Gasteiger partial charge in [-0.15, -0.1) is 0 Å². The number of carbonyl (C=O) groups excluding carboxylic acids is 1. The summed E-state index contributed by atoms with van der Waals surface area (Å²) in [6, 6.07) is 2.59. The van der Waals surface area contributed by atoms with Crippen LogP contribution in [-0.2, 0) is 25.9 Å². The molecule has 0 spiro atoms. The molecule has 2 aliphatic rings. The minimum Gasteiger partial charge on any atom is -0.337 e. The molecule has 2 aromatic heterocycles. The SMILES string of the molecule is CCn1nc(C(=O)N2CCCC2)c2c1CC[C@@H](NCc1ccsc1)C2. The third kappa shape index (κ3) is 3.37. The first-order valence-corrected chi connectivity index (χ1v) is 10.3. The zero-order valence-corrected chi connectivity index (χ0v) is 15.6. The first-order valence-electron chi connectivity index (χ1n) is 9.38. The predicted octanol–water partition coefficient (Wildman–Crippen LogP) is 2.85. The molecule has 1 aliphatic carbocycles. The van der Waals surface area contributed by atoms with Crippen LogP contribution < -0.4 is 5.32 Å². The second-order valence-electron chi connectivity index (χ2n) is 7.04. The van der Waals surface area contributed by atoms with Crippen LogP contribution in [0.4, 0.5) is 0 Å². The molecule has 0 aromatic carbocycles. The number of thiophene rings is 1. The lowest BCUT2D eigenvalue weighted by Gasteiger charge is -2.25. The van der Waals surface area contributed by atoms with Gasteiger partial charge in [-0.05, 0) is 61.4 Å². The molecule has 3 heterocycles. The number of aromatic nitrogens is 2. The molecule has 1 N–H and O–H groups in total. The van der Waals surface area contributed by atoms with E-state index in [1.54, 1.807) is 11.3 Å². The molecular weight excluding hydrogens is 332 g/mol. The topological polar surface area (TPSA) is 50.2 Å². The van der Waals surface area contributed by atoms with Crippen molar-refractivity contribution in [2.45, 2.75) is 58.2 Å². The number of hydrogen-bond donors (Lipinski definition) is 1. The van der Waals surface area contributed by atoms with Gasteiger partial charge in [-0.3, -0.25) is 9.48 Å². The van der Waals surface area contributed by atoms with Gasteiger partial charge < -0.3 is 10.2 Å². The molecular formula is C19H26N4OS. The van der Waals surface area contributed by atoms with E-state index in [9.17, 15) is 4.79 Å². The first kappa shape index (κ1) is 16.8. The molecule has 4 rings (SSSR count). The van der Waals surface area contributed by atoms with Crippen LogP contribution >= 0.6 is 11.3 Å². The molecule has 25 heavy (non-hydrogen) atoms.